The molecule has 0 aliphatic carbocycles. The Balaban J connectivity index is 3.39. The molecule has 0 bridgehead atoms. The van der Waals surface area contributed by atoms with Crippen LogP contribution in [0.25, 0.3) is 0 Å². The molecule has 0 aromatic carbocycles. The second-order valence-corrected chi connectivity index (χ2v) is 2.69. The summed E-state index contributed by atoms with van der Waals surface area (Å²) in [7, 11) is 0. The van der Waals surface area contributed by atoms with Crippen LogP contribution >= 0.6 is 0 Å². The normalized spacial score (nSPS) is 16.0. The lowest BCUT2D eigenvalue weighted by Gasteiger charge is -2.17. The van der Waals surface area contributed by atoms with Gasteiger partial charge in [0.15, 0.2) is 6.29 Å². The lowest BCUT2D eigenvalue weighted by Crippen LogP contribution is -2.29. The summed E-state index contributed by atoms with van der Waals surface area (Å²) < 4.78 is 4.71. The second kappa shape index (κ2) is 7.49. The van der Waals surface area contributed by atoms with Crippen molar-refractivity contribution in [1.82, 2.24) is 0 Å². The zero-order valence-electron chi connectivity index (χ0n) is 7.44. The SMILES string of the molecule is CCCCC(O)C(O)OCCO. The summed E-state index contributed by atoms with van der Waals surface area (Å²) >= 11 is 0. The summed E-state index contributed by atoms with van der Waals surface area (Å²) in [6, 6.07) is 0. The smallest absolute Gasteiger partial charge is 0.180 e. The van der Waals surface area contributed by atoms with E-state index in [0.717, 1.165) is 12.8 Å². The molecule has 3 N–H and O–H groups in total. The highest BCUT2D eigenvalue weighted by atomic mass is 16.6. The molecule has 0 aromatic heterocycles. The summed E-state index contributed by atoms with van der Waals surface area (Å²) in [6.07, 6.45) is 0.369. The Kier molecular flexibility index (Phi) is 7.39. The van der Waals surface area contributed by atoms with Gasteiger partial charge in [-0.3, -0.25) is 0 Å². The summed E-state index contributed by atoms with van der Waals surface area (Å²) in [4.78, 5) is 0. The number of rotatable bonds is 7. The van der Waals surface area contributed by atoms with Crippen molar-refractivity contribution >= 4 is 0 Å². The number of hydrogen-bond donors (Lipinski definition) is 3. The Morgan fingerprint density at radius 3 is 2.50 bits per heavy atom. The van der Waals surface area contributed by atoms with E-state index >= 15 is 0 Å². The fourth-order valence-corrected chi connectivity index (χ4v) is 0.840. The third kappa shape index (κ3) is 5.49. The van der Waals surface area contributed by atoms with E-state index in [1.54, 1.807) is 0 Å². The Bertz CT molecular complexity index is 85.1. The molecule has 0 aliphatic heterocycles. The van der Waals surface area contributed by atoms with E-state index < -0.39 is 12.4 Å². The first-order valence-corrected chi connectivity index (χ1v) is 4.31. The van der Waals surface area contributed by atoms with Crippen LogP contribution in [0.2, 0.25) is 0 Å². The highest BCUT2D eigenvalue weighted by molar-refractivity contribution is 4.57. The van der Waals surface area contributed by atoms with Crippen LogP contribution in [0.3, 0.4) is 0 Å². The molecule has 0 aliphatic rings. The number of hydrogen-bond acceptors (Lipinski definition) is 4. The number of unbranched alkanes of at least 4 members (excludes halogenated alkanes) is 1. The molecular weight excluding hydrogens is 160 g/mol. The van der Waals surface area contributed by atoms with Gasteiger partial charge in [-0.1, -0.05) is 19.8 Å². The number of aliphatic hydroxyl groups excluding tert-OH is 3. The quantitative estimate of drug-likeness (QED) is 0.475. The van der Waals surface area contributed by atoms with Gasteiger partial charge in [0.05, 0.1) is 13.2 Å². The van der Waals surface area contributed by atoms with E-state index in [0.29, 0.717) is 6.42 Å². The van der Waals surface area contributed by atoms with Gasteiger partial charge >= 0.3 is 0 Å². The molecule has 0 heterocycles. The van der Waals surface area contributed by atoms with E-state index in [4.69, 9.17) is 14.9 Å². The average Bonchev–Trinajstić information content (AvgIpc) is 2.10. The first-order chi connectivity index (χ1) is 5.72. The Morgan fingerprint density at radius 1 is 1.33 bits per heavy atom. The van der Waals surface area contributed by atoms with Gasteiger partial charge in [-0.2, -0.15) is 0 Å². The predicted molar refractivity (Wildman–Crippen MR) is 44.6 cm³/mol. The van der Waals surface area contributed by atoms with Crippen LogP contribution in [0.1, 0.15) is 26.2 Å². The Hall–Kier alpha value is -0.160. The summed E-state index contributed by atoms with van der Waals surface area (Å²) in [5.41, 5.74) is 0. The van der Waals surface area contributed by atoms with Crippen LogP contribution in [0.4, 0.5) is 0 Å². The molecule has 2 unspecified atom stereocenters. The van der Waals surface area contributed by atoms with E-state index in [2.05, 4.69) is 0 Å². The monoisotopic (exact) mass is 178 g/mol. The molecule has 0 amide bonds. The van der Waals surface area contributed by atoms with Gasteiger partial charge in [0, 0.05) is 0 Å². The highest BCUT2D eigenvalue weighted by Gasteiger charge is 2.15. The molecule has 2 atom stereocenters. The van der Waals surface area contributed by atoms with Crippen molar-refractivity contribution < 1.29 is 20.1 Å². The first kappa shape index (κ1) is 11.8. The Labute approximate surface area is 72.8 Å². The van der Waals surface area contributed by atoms with Crippen LogP contribution in [-0.2, 0) is 4.74 Å². The molecule has 4 heteroatoms. The molecular formula is C8H18O4. The van der Waals surface area contributed by atoms with Gasteiger partial charge in [0.1, 0.15) is 6.10 Å². The standard InChI is InChI=1S/C8H18O4/c1-2-3-4-7(10)8(11)12-6-5-9/h7-11H,2-6H2,1H3. The summed E-state index contributed by atoms with van der Waals surface area (Å²) in [6.45, 7) is 1.93. The topological polar surface area (TPSA) is 69.9 Å². The zero-order chi connectivity index (χ0) is 9.40. The van der Waals surface area contributed by atoms with Gasteiger partial charge in [0.25, 0.3) is 0 Å². The summed E-state index contributed by atoms with van der Waals surface area (Å²) in [5, 5.41) is 26.7. The molecule has 4 nitrogen and oxygen atoms in total. The Morgan fingerprint density at radius 2 is 2.00 bits per heavy atom. The fourth-order valence-electron chi connectivity index (χ4n) is 0.840. The largest absolute Gasteiger partial charge is 0.394 e. The first-order valence-electron chi connectivity index (χ1n) is 4.31. The van der Waals surface area contributed by atoms with Crippen LogP contribution < -0.4 is 0 Å². The predicted octanol–water partition coefficient (Wildman–Crippen LogP) is -0.135. The van der Waals surface area contributed by atoms with Crippen molar-refractivity contribution in [2.75, 3.05) is 13.2 Å². The van der Waals surface area contributed by atoms with Gasteiger partial charge in [-0.15, -0.1) is 0 Å². The fraction of sp³-hybridized carbons (Fsp3) is 1.00. The third-order valence-corrected chi connectivity index (χ3v) is 1.56. The molecule has 0 radical (unpaired) electrons. The molecule has 0 spiro atoms. The van der Waals surface area contributed by atoms with Gasteiger partial charge < -0.3 is 20.1 Å². The molecule has 74 valence electrons. The second-order valence-electron chi connectivity index (χ2n) is 2.69. The molecule has 0 saturated carbocycles. The van der Waals surface area contributed by atoms with Crippen LogP contribution in [0.15, 0.2) is 0 Å². The lowest BCUT2D eigenvalue weighted by molar-refractivity contribution is -0.167. The van der Waals surface area contributed by atoms with E-state index in [9.17, 15) is 5.11 Å². The van der Waals surface area contributed by atoms with Crippen molar-refractivity contribution in [3.05, 3.63) is 0 Å². The summed E-state index contributed by atoms with van der Waals surface area (Å²) in [5.74, 6) is 0. The third-order valence-electron chi connectivity index (χ3n) is 1.56. The maximum Gasteiger partial charge on any atom is 0.180 e. The van der Waals surface area contributed by atoms with Gasteiger partial charge in [0.2, 0.25) is 0 Å². The molecule has 0 aromatic rings. The van der Waals surface area contributed by atoms with Crippen LogP contribution in [0.5, 0.6) is 0 Å². The van der Waals surface area contributed by atoms with Crippen molar-refractivity contribution in [2.24, 2.45) is 0 Å². The van der Waals surface area contributed by atoms with Crippen LogP contribution in [0, 0.1) is 0 Å². The molecule has 0 saturated heterocycles. The van der Waals surface area contributed by atoms with Crippen molar-refractivity contribution in [3.63, 3.8) is 0 Å². The minimum atomic E-state index is -1.16. The molecule has 12 heavy (non-hydrogen) atoms. The minimum absolute atomic E-state index is 0.0599. The average molecular weight is 178 g/mol. The minimum Gasteiger partial charge on any atom is -0.394 e. The van der Waals surface area contributed by atoms with E-state index in [1.165, 1.54) is 0 Å². The zero-order valence-corrected chi connectivity index (χ0v) is 7.44. The van der Waals surface area contributed by atoms with Gasteiger partial charge in [-0.05, 0) is 6.42 Å². The lowest BCUT2D eigenvalue weighted by atomic mass is 10.1. The number of ether oxygens (including phenoxy) is 1. The molecule has 0 rings (SSSR count). The van der Waals surface area contributed by atoms with E-state index in [1.807, 2.05) is 6.92 Å². The van der Waals surface area contributed by atoms with Crippen molar-refractivity contribution in [2.45, 2.75) is 38.6 Å². The number of aliphatic hydroxyl groups is 3. The maximum absolute atomic E-state index is 9.22. The van der Waals surface area contributed by atoms with E-state index in [-0.39, 0.29) is 13.2 Å². The van der Waals surface area contributed by atoms with Gasteiger partial charge in [-0.25, -0.2) is 0 Å². The molecule has 0 fully saturated rings. The maximum atomic E-state index is 9.22. The highest BCUT2D eigenvalue weighted by Crippen LogP contribution is 2.05. The van der Waals surface area contributed by atoms with Crippen molar-refractivity contribution in [3.8, 4) is 0 Å². The van der Waals surface area contributed by atoms with Crippen LogP contribution in [-0.4, -0.2) is 40.9 Å². The van der Waals surface area contributed by atoms with Crippen molar-refractivity contribution in [1.29, 1.82) is 0 Å².